The van der Waals surface area contributed by atoms with E-state index in [0.717, 1.165) is 16.3 Å². The number of thiazole rings is 1. The molecule has 3 unspecified atom stereocenters. The molecule has 2 amide bonds. The first kappa shape index (κ1) is 17.6. The minimum absolute atomic E-state index is 0.0230. The number of benzene rings is 1. The summed E-state index contributed by atoms with van der Waals surface area (Å²) >= 11 is 1.57. The first-order valence-corrected chi connectivity index (χ1v) is 9.40. The normalized spacial score (nSPS) is 19.7. The molecule has 0 radical (unpaired) electrons. The molecule has 1 N–H and O–H groups in total. The van der Waals surface area contributed by atoms with Gasteiger partial charge >= 0.3 is 0 Å². The summed E-state index contributed by atoms with van der Waals surface area (Å²) in [5.41, 5.74) is 1.96. The van der Waals surface area contributed by atoms with Gasteiger partial charge in [0, 0.05) is 18.3 Å². The summed E-state index contributed by atoms with van der Waals surface area (Å²) in [6.07, 6.45) is 0.270. The van der Waals surface area contributed by atoms with Gasteiger partial charge in [-0.1, -0.05) is 30.3 Å². The molecule has 3 atom stereocenters. The monoisotopic (exact) mass is 357 g/mol. The number of aryl methyl sites for hydroxylation is 1. The van der Waals surface area contributed by atoms with Crippen LogP contribution in [0.5, 0.6) is 0 Å². The Morgan fingerprint density at radius 3 is 2.68 bits per heavy atom. The largest absolute Gasteiger partial charge is 0.348 e. The standard InChI is InChI=1S/C19H23N3O2S/c1-12(17-11-25-14(3)21-17)20-19(24)16-9-18(23)22(10-16)13(2)15-7-5-4-6-8-15/h4-8,11-13,16H,9-10H2,1-3H3,(H,20,24). The number of hydrogen-bond donors (Lipinski definition) is 1. The Kier molecular flexibility index (Phi) is 5.18. The highest BCUT2D eigenvalue weighted by Gasteiger charge is 2.37. The molecule has 0 saturated carbocycles. The molecule has 1 aliphatic heterocycles. The summed E-state index contributed by atoms with van der Waals surface area (Å²) < 4.78 is 0. The zero-order valence-electron chi connectivity index (χ0n) is 14.7. The number of carbonyl (C=O) groups is 2. The van der Waals surface area contributed by atoms with Gasteiger partial charge in [0.2, 0.25) is 11.8 Å². The van der Waals surface area contributed by atoms with Crippen LogP contribution in [-0.4, -0.2) is 28.2 Å². The van der Waals surface area contributed by atoms with Crippen LogP contribution in [0.4, 0.5) is 0 Å². The van der Waals surface area contributed by atoms with Crippen LogP contribution >= 0.6 is 11.3 Å². The predicted molar refractivity (Wildman–Crippen MR) is 98.1 cm³/mol. The maximum Gasteiger partial charge on any atom is 0.225 e. The summed E-state index contributed by atoms with van der Waals surface area (Å²) in [6, 6.07) is 9.75. The predicted octanol–water partition coefficient (Wildman–Crippen LogP) is 3.24. The lowest BCUT2D eigenvalue weighted by Gasteiger charge is -2.25. The molecular weight excluding hydrogens is 334 g/mol. The smallest absolute Gasteiger partial charge is 0.225 e. The second-order valence-corrected chi connectivity index (χ2v) is 7.62. The SMILES string of the molecule is Cc1nc(C(C)NC(=O)C2CC(=O)N(C(C)c3ccccc3)C2)cs1. The number of carbonyl (C=O) groups excluding carboxylic acids is 2. The molecule has 2 aromatic rings. The highest BCUT2D eigenvalue weighted by molar-refractivity contribution is 7.09. The van der Waals surface area contributed by atoms with Crippen molar-refractivity contribution in [3.05, 3.63) is 52.0 Å². The van der Waals surface area contributed by atoms with Gasteiger partial charge < -0.3 is 10.2 Å². The first-order chi connectivity index (χ1) is 12.0. The molecule has 0 bridgehead atoms. The highest BCUT2D eigenvalue weighted by atomic mass is 32.1. The van der Waals surface area contributed by atoms with Crippen LogP contribution in [0.1, 0.15) is 48.6 Å². The van der Waals surface area contributed by atoms with E-state index in [1.807, 2.05) is 56.5 Å². The Bertz CT molecular complexity index is 759. The van der Waals surface area contributed by atoms with E-state index in [0.29, 0.717) is 6.54 Å². The number of hydrogen-bond acceptors (Lipinski definition) is 4. The Morgan fingerprint density at radius 1 is 1.32 bits per heavy atom. The molecule has 6 heteroatoms. The zero-order chi connectivity index (χ0) is 18.0. The van der Waals surface area contributed by atoms with Gasteiger partial charge in [-0.05, 0) is 26.3 Å². The molecule has 132 valence electrons. The summed E-state index contributed by atoms with van der Waals surface area (Å²) in [4.78, 5) is 31.2. The van der Waals surface area contributed by atoms with Crippen LogP contribution in [-0.2, 0) is 9.59 Å². The van der Waals surface area contributed by atoms with Crippen molar-refractivity contribution in [2.24, 2.45) is 5.92 Å². The van der Waals surface area contributed by atoms with E-state index in [1.165, 1.54) is 0 Å². The van der Waals surface area contributed by atoms with Gasteiger partial charge in [0.05, 0.1) is 28.7 Å². The quantitative estimate of drug-likeness (QED) is 0.893. The van der Waals surface area contributed by atoms with Gasteiger partial charge in [-0.25, -0.2) is 4.98 Å². The molecule has 0 aliphatic carbocycles. The van der Waals surface area contributed by atoms with E-state index in [1.54, 1.807) is 16.2 Å². The second-order valence-electron chi connectivity index (χ2n) is 6.56. The summed E-state index contributed by atoms with van der Waals surface area (Å²) in [6.45, 7) is 6.34. The molecule has 2 heterocycles. The van der Waals surface area contributed by atoms with Crippen LogP contribution < -0.4 is 5.32 Å². The van der Waals surface area contributed by atoms with E-state index >= 15 is 0 Å². The number of nitrogens with one attached hydrogen (secondary N) is 1. The number of nitrogens with zero attached hydrogens (tertiary/aromatic N) is 2. The molecule has 3 rings (SSSR count). The second kappa shape index (κ2) is 7.35. The minimum Gasteiger partial charge on any atom is -0.348 e. The van der Waals surface area contributed by atoms with Crippen molar-refractivity contribution >= 4 is 23.2 Å². The lowest BCUT2D eigenvalue weighted by molar-refractivity contribution is -0.130. The Labute approximate surface area is 152 Å². The highest BCUT2D eigenvalue weighted by Crippen LogP contribution is 2.29. The van der Waals surface area contributed by atoms with Crippen molar-refractivity contribution in [2.75, 3.05) is 6.54 Å². The van der Waals surface area contributed by atoms with Gasteiger partial charge in [0.25, 0.3) is 0 Å². The number of aromatic nitrogens is 1. The average molecular weight is 357 g/mol. The lowest BCUT2D eigenvalue weighted by Crippen LogP contribution is -2.35. The molecule has 1 aromatic heterocycles. The molecule has 1 saturated heterocycles. The van der Waals surface area contributed by atoms with Crippen LogP contribution in [0.25, 0.3) is 0 Å². The zero-order valence-corrected chi connectivity index (χ0v) is 15.5. The Hall–Kier alpha value is -2.21. The summed E-state index contributed by atoms with van der Waals surface area (Å²) in [7, 11) is 0. The van der Waals surface area contributed by atoms with Crippen LogP contribution in [0.15, 0.2) is 35.7 Å². The van der Waals surface area contributed by atoms with Crippen molar-refractivity contribution in [2.45, 2.75) is 39.3 Å². The topological polar surface area (TPSA) is 62.3 Å². The molecule has 25 heavy (non-hydrogen) atoms. The van der Waals surface area contributed by atoms with Gasteiger partial charge in [-0.3, -0.25) is 9.59 Å². The number of rotatable bonds is 5. The minimum atomic E-state index is -0.305. The fourth-order valence-electron chi connectivity index (χ4n) is 3.18. The van der Waals surface area contributed by atoms with E-state index in [2.05, 4.69) is 10.3 Å². The van der Waals surface area contributed by atoms with Crippen LogP contribution in [0.3, 0.4) is 0 Å². The molecule has 1 fully saturated rings. The molecule has 5 nitrogen and oxygen atoms in total. The van der Waals surface area contributed by atoms with E-state index < -0.39 is 0 Å². The van der Waals surface area contributed by atoms with Crippen LogP contribution in [0.2, 0.25) is 0 Å². The third-order valence-electron chi connectivity index (χ3n) is 4.72. The first-order valence-electron chi connectivity index (χ1n) is 8.52. The summed E-state index contributed by atoms with van der Waals surface area (Å²) in [5, 5.41) is 5.94. The van der Waals surface area contributed by atoms with Crippen molar-refractivity contribution in [1.29, 1.82) is 0 Å². The van der Waals surface area contributed by atoms with Gasteiger partial charge in [-0.15, -0.1) is 11.3 Å². The maximum atomic E-state index is 12.6. The van der Waals surface area contributed by atoms with E-state index in [9.17, 15) is 9.59 Å². The van der Waals surface area contributed by atoms with Crippen molar-refractivity contribution < 1.29 is 9.59 Å². The molecule has 1 aromatic carbocycles. The fraction of sp³-hybridized carbons (Fsp3) is 0.421. The Balaban J connectivity index is 1.62. The van der Waals surface area contributed by atoms with Crippen molar-refractivity contribution in [3.63, 3.8) is 0 Å². The average Bonchev–Trinajstić information content (AvgIpc) is 3.21. The molecule has 0 spiro atoms. The number of amides is 2. The van der Waals surface area contributed by atoms with Crippen molar-refractivity contribution in [1.82, 2.24) is 15.2 Å². The van der Waals surface area contributed by atoms with E-state index in [4.69, 9.17) is 0 Å². The van der Waals surface area contributed by atoms with Crippen molar-refractivity contribution in [3.8, 4) is 0 Å². The van der Waals surface area contributed by atoms with Gasteiger partial charge in [0.1, 0.15) is 0 Å². The third kappa shape index (κ3) is 3.90. The van der Waals surface area contributed by atoms with Crippen LogP contribution in [0, 0.1) is 12.8 Å². The van der Waals surface area contributed by atoms with Gasteiger partial charge in [-0.2, -0.15) is 0 Å². The lowest BCUT2D eigenvalue weighted by atomic mass is 10.1. The molecular formula is C19H23N3O2S. The van der Waals surface area contributed by atoms with E-state index in [-0.39, 0.29) is 36.2 Å². The summed E-state index contributed by atoms with van der Waals surface area (Å²) in [5.74, 6) is -0.344. The molecule has 1 aliphatic rings. The third-order valence-corrected chi connectivity index (χ3v) is 5.51. The number of likely N-dealkylation sites (tertiary alicyclic amines) is 1. The fourth-order valence-corrected chi connectivity index (χ4v) is 3.88. The Morgan fingerprint density at radius 2 is 2.04 bits per heavy atom. The van der Waals surface area contributed by atoms with Gasteiger partial charge in [0.15, 0.2) is 0 Å². The maximum absolute atomic E-state index is 12.6.